The Balaban J connectivity index is 2.35. The normalized spacial score (nSPS) is 12.9. The first-order chi connectivity index (χ1) is 9.09. The number of fused-ring (bicyclic) bond motifs is 1. The molecular weight excluding hydrogens is 244 g/mol. The molecule has 0 saturated heterocycles. The summed E-state index contributed by atoms with van der Waals surface area (Å²) >= 11 is 0. The third-order valence-electron chi connectivity index (χ3n) is 2.91. The van der Waals surface area contributed by atoms with Crippen LogP contribution in [-0.4, -0.2) is 21.3 Å². The van der Waals surface area contributed by atoms with Crippen molar-refractivity contribution in [3.05, 3.63) is 54.1 Å². The highest BCUT2D eigenvalue weighted by atomic mass is 16.4. The van der Waals surface area contributed by atoms with E-state index in [9.17, 15) is 15.0 Å². The van der Waals surface area contributed by atoms with E-state index in [0.29, 0.717) is 10.9 Å². The lowest BCUT2D eigenvalue weighted by Gasteiger charge is -2.12. The number of benzene rings is 2. The Morgan fingerprint density at radius 1 is 1.16 bits per heavy atom. The molecule has 0 bridgehead atoms. The molecule has 0 aromatic heterocycles. The maximum Gasteiger partial charge on any atom is 0.327 e. The molecule has 3 N–H and O–H groups in total. The van der Waals surface area contributed by atoms with Crippen molar-refractivity contribution in [3.8, 4) is 5.75 Å². The summed E-state index contributed by atoms with van der Waals surface area (Å²) in [4.78, 5) is 10.4. The molecule has 0 unspecified atom stereocenters. The Hall–Kier alpha value is -2.33. The highest BCUT2D eigenvalue weighted by molar-refractivity contribution is 5.91. The Bertz CT molecular complexity index is 631. The van der Waals surface area contributed by atoms with Gasteiger partial charge >= 0.3 is 5.97 Å². The number of aliphatic hydroxyl groups is 1. The second kappa shape index (κ2) is 5.54. The van der Waals surface area contributed by atoms with Crippen LogP contribution in [0.1, 0.15) is 18.1 Å². The van der Waals surface area contributed by atoms with Crippen LogP contribution < -0.4 is 0 Å². The first-order valence-corrected chi connectivity index (χ1v) is 5.87. The molecule has 2 rings (SSSR count). The number of aliphatic carboxylic acids is 1. The van der Waals surface area contributed by atoms with E-state index in [1.165, 1.54) is 12.1 Å². The summed E-state index contributed by atoms with van der Waals surface area (Å²) in [5.74, 6) is -0.879. The molecule has 0 aliphatic rings. The number of phenolic OH excluding ortho intramolecular Hbond substituents is 1. The number of hydrogen-bond donors (Lipinski definition) is 3. The number of aromatic hydroxyl groups is 1. The second-order valence-electron chi connectivity index (χ2n) is 4.21. The Labute approximate surface area is 110 Å². The summed E-state index contributed by atoms with van der Waals surface area (Å²) < 4.78 is 0. The van der Waals surface area contributed by atoms with Gasteiger partial charge in [0.15, 0.2) is 0 Å². The summed E-state index contributed by atoms with van der Waals surface area (Å²) in [6.45, 7) is 0. The van der Waals surface area contributed by atoms with Gasteiger partial charge in [0.2, 0.25) is 0 Å². The maximum atomic E-state index is 10.4. The lowest BCUT2D eigenvalue weighted by Crippen LogP contribution is -1.97. The number of rotatable bonds is 4. The smallest absolute Gasteiger partial charge is 0.327 e. The first kappa shape index (κ1) is 13.1. The van der Waals surface area contributed by atoms with E-state index in [1.54, 1.807) is 12.1 Å². The van der Waals surface area contributed by atoms with E-state index in [-0.39, 0.29) is 12.2 Å². The van der Waals surface area contributed by atoms with E-state index in [2.05, 4.69) is 0 Å². The van der Waals surface area contributed by atoms with E-state index >= 15 is 0 Å². The fourth-order valence-corrected chi connectivity index (χ4v) is 2.02. The third-order valence-corrected chi connectivity index (χ3v) is 2.91. The van der Waals surface area contributed by atoms with Crippen molar-refractivity contribution in [2.24, 2.45) is 0 Å². The van der Waals surface area contributed by atoms with E-state index in [4.69, 9.17) is 5.11 Å². The molecule has 0 amide bonds. The highest BCUT2D eigenvalue weighted by Gasteiger charge is 2.11. The average molecular weight is 258 g/mol. The SMILES string of the molecule is O=C(O)/C=C/C[C@H](O)c1ccc(O)c2ccccc12. The number of aliphatic hydroxyl groups excluding tert-OH is 1. The molecule has 0 fully saturated rings. The monoisotopic (exact) mass is 258 g/mol. The number of hydrogen-bond acceptors (Lipinski definition) is 3. The van der Waals surface area contributed by atoms with Gasteiger partial charge < -0.3 is 15.3 Å². The average Bonchev–Trinajstić information content (AvgIpc) is 2.39. The fourth-order valence-electron chi connectivity index (χ4n) is 2.02. The molecule has 4 heteroatoms. The quantitative estimate of drug-likeness (QED) is 0.737. The third kappa shape index (κ3) is 2.92. The molecule has 2 aromatic rings. The molecule has 0 aliphatic carbocycles. The van der Waals surface area contributed by atoms with Crippen LogP contribution in [0, 0.1) is 0 Å². The maximum absolute atomic E-state index is 10.4. The van der Waals surface area contributed by atoms with Crippen LogP contribution >= 0.6 is 0 Å². The standard InChI is InChI=1S/C15H14O4/c16-13(6-3-7-15(18)19)12-8-9-14(17)11-5-2-1-4-10(11)12/h1-5,7-9,13,16-17H,6H2,(H,18,19)/b7-3+/t13-/m0/s1. The second-order valence-corrected chi connectivity index (χ2v) is 4.21. The van der Waals surface area contributed by atoms with Crippen molar-refractivity contribution in [1.82, 2.24) is 0 Å². The summed E-state index contributed by atoms with van der Waals surface area (Å²) in [6.07, 6.45) is 1.82. The van der Waals surface area contributed by atoms with E-state index in [1.807, 2.05) is 18.2 Å². The number of phenols is 1. The van der Waals surface area contributed by atoms with Crippen molar-refractivity contribution in [2.75, 3.05) is 0 Å². The Kier molecular flexibility index (Phi) is 3.82. The lowest BCUT2D eigenvalue weighted by atomic mass is 9.98. The molecular formula is C15H14O4. The van der Waals surface area contributed by atoms with Crippen LogP contribution in [0.4, 0.5) is 0 Å². The highest BCUT2D eigenvalue weighted by Crippen LogP contribution is 2.31. The molecule has 0 saturated carbocycles. The predicted molar refractivity (Wildman–Crippen MR) is 72.0 cm³/mol. The number of carboxylic acids is 1. The van der Waals surface area contributed by atoms with Crippen LogP contribution in [-0.2, 0) is 4.79 Å². The van der Waals surface area contributed by atoms with Crippen LogP contribution in [0.15, 0.2) is 48.6 Å². The summed E-state index contributed by atoms with van der Waals surface area (Å²) in [6, 6.07) is 10.4. The van der Waals surface area contributed by atoms with Gasteiger partial charge in [-0.25, -0.2) is 4.79 Å². The van der Waals surface area contributed by atoms with E-state index < -0.39 is 12.1 Å². The van der Waals surface area contributed by atoms with Crippen molar-refractivity contribution in [3.63, 3.8) is 0 Å². The van der Waals surface area contributed by atoms with Gasteiger partial charge in [-0.2, -0.15) is 0 Å². The summed E-state index contributed by atoms with van der Waals surface area (Å²) in [7, 11) is 0. The van der Waals surface area contributed by atoms with Crippen molar-refractivity contribution in [1.29, 1.82) is 0 Å². The van der Waals surface area contributed by atoms with Crippen LogP contribution in [0.3, 0.4) is 0 Å². The molecule has 98 valence electrons. The van der Waals surface area contributed by atoms with Gasteiger partial charge in [0.25, 0.3) is 0 Å². The zero-order chi connectivity index (χ0) is 13.8. The molecule has 0 aliphatic heterocycles. The van der Waals surface area contributed by atoms with Gasteiger partial charge in [-0.15, -0.1) is 0 Å². The molecule has 2 aromatic carbocycles. The number of carbonyl (C=O) groups is 1. The van der Waals surface area contributed by atoms with Gasteiger partial charge in [-0.1, -0.05) is 36.4 Å². The van der Waals surface area contributed by atoms with Gasteiger partial charge in [-0.3, -0.25) is 0 Å². The van der Waals surface area contributed by atoms with Crippen molar-refractivity contribution < 1.29 is 20.1 Å². The number of carboxylic acid groups (broad SMARTS) is 1. The minimum Gasteiger partial charge on any atom is -0.507 e. The van der Waals surface area contributed by atoms with Gasteiger partial charge in [-0.05, 0) is 23.4 Å². The molecule has 4 nitrogen and oxygen atoms in total. The van der Waals surface area contributed by atoms with Crippen molar-refractivity contribution >= 4 is 16.7 Å². The summed E-state index contributed by atoms with van der Waals surface area (Å²) in [5, 5.41) is 29.8. The van der Waals surface area contributed by atoms with Crippen molar-refractivity contribution in [2.45, 2.75) is 12.5 Å². The largest absolute Gasteiger partial charge is 0.507 e. The molecule has 19 heavy (non-hydrogen) atoms. The van der Waals surface area contributed by atoms with E-state index in [0.717, 1.165) is 11.5 Å². The van der Waals surface area contributed by atoms with Gasteiger partial charge in [0, 0.05) is 11.5 Å². The van der Waals surface area contributed by atoms with Crippen LogP contribution in [0.2, 0.25) is 0 Å². The first-order valence-electron chi connectivity index (χ1n) is 5.87. The molecule has 0 heterocycles. The minimum atomic E-state index is -1.04. The topological polar surface area (TPSA) is 77.8 Å². The Morgan fingerprint density at radius 2 is 1.84 bits per heavy atom. The predicted octanol–water partition coefficient (Wildman–Crippen LogP) is 2.61. The molecule has 0 radical (unpaired) electrons. The molecule has 1 atom stereocenters. The van der Waals surface area contributed by atoms with Gasteiger partial charge in [0.05, 0.1) is 6.10 Å². The zero-order valence-electron chi connectivity index (χ0n) is 10.2. The zero-order valence-corrected chi connectivity index (χ0v) is 10.2. The lowest BCUT2D eigenvalue weighted by molar-refractivity contribution is -0.131. The summed E-state index contributed by atoms with van der Waals surface area (Å²) in [5.41, 5.74) is 0.670. The van der Waals surface area contributed by atoms with Crippen LogP contribution in [0.25, 0.3) is 10.8 Å². The fraction of sp³-hybridized carbons (Fsp3) is 0.133. The molecule has 0 spiro atoms. The van der Waals surface area contributed by atoms with Gasteiger partial charge in [0.1, 0.15) is 5.75 Å². The minimum absolute atomic E-state index is 0.160. The Morgan fingerprint density at radius 3 is 2.53 bits per heavy atom. The van der Waals surface area contributed by atoms with Crippen LogP contribution in [0.5, 0.6) is 5.75 Å².